The van der Waals surface area contributed by atoms with Gasteiger partial charge in [0.05, 0.1) is 12.3 Å². The maximum absolute atomic E-state index is 5.37. The van der Waals surface area contributed by atoms with Crippen molar-refractivity contribution in [2.75, 3.05) is 0 Å². The molecule has 0 unspecified atom stereocenters. The zero-order valence-corrected chi connectivity index (χ0v) is 15.8. The van der Waals surface area contributed by atoms with E-state index in [0.717, 1.165) is 42.6 Å². The maximum atomic E-state index is 5.37. The monoisotopic (exact) mass is 369 g/mol. The average Bonchev–Trinajstić information content (AvgIpc) is 3.28. The van der Waals surface area contributed by atoms with Crippen molar-refractivity contribution in [1.29, 1.82) is 0 Å². The minimum Gasteiger partial charge on any atom is -0.338 e. The zero-order valence-electron chi connectivity index (χ0n) is 15.0. The van der Waals surface area contributed by atoms with Crippen LogP contribution >= 0.6 is 11.8 Å². The van der Waals surface area contributed by atoms with Crippen molar-refractivity contribution in [3.05, 3.63) is 53.4 Å². The summed E-state index contributed by atoms with van der Waals surface area (Å²) in [6.07, 6.45) is 5.51. The van der Waals surface area contributed by atoms with Gasteiger partial charge in [0.2, 0.25) is 5.89 Å². The van der Waals surface area contributed by atoms with Gasteiger partial charge in [0.25, 0.3) is 0 Å². The van der Waals surface area contributed by atoms with Gasteiger partial charge in [-0.2, -0.15) is 4.98 Å². The van der Waals surface area contributed by atoms with Crippen LogP contribution in [0.25, 0.3) is 0 Å². The van der Waals surface area contributed by atoms with Gasteiger partial charge in [0, 0.05) is 12.3 Å². The lowest BCUT2D eigenvalue weighted by molar-refractivity contribution is 0.384. The predicted molar refractivity (Wildman–Crippen MR) is 100 cm³/mol. The Kier molecular flexibility index (Phi) is 5.34. The van der Waals surface area contributed by atoms with Gasteiger partial charge in [-0.1, -0.05) is 60.6 Å². The third-order valence-corrected chi connectivity index (χ3v) is 5.41. The van der Waals surface area contributed by atoms with Gasteiger partial charge < -0.3 is 9.09 Å². The van der Waals surface area contributed by atoms with Crippen LogP contribution < -0.4 is 0 Å². The molecule has 1 aliphatic carbocycles. The zero-order chi connectivity index (χ0) is 17.8. The molecule has 2 aromatic heterocycles. The van der Waals surface area contributed by atoms with E-state index in [-0.39, 0.29) is 0 Å². The van der Waals surface area contributed by atoms with Crippen LogP contribution in [-0.4, -0.2) is 24.9 Å². The predicted octanol–water partition coefficient (Wildman–Crippen LogP) is 4.22. The summed E-state index contributed by atoms with van der Waals surface area (Å²) in [5.41, 5.74) is 1.26. The Hall–Kier alpha value is -2.15. The Morgan fingerprint density at radius 2 is 2.04 bits per heavy atom. The van der Waals surface area contributed by atoms with Crippen molar-refractivity contribution >= 4 is 11.8 Å². The highest BCUT2D eigenvalue weighted by Gasteiger charge is 2.30. The number of rotatable bonds is 9. The van der Waals surface area contributed by atoms with Gasteiger partial charge in [-0.25, -0.2) is 0 Å². The fourth-order valence-corrected chi connectivity index (χ4v) is 3.66. The largest absolute Gasteiger partial charge is 0.338 e. The molecule has 0 atom stereocenters. The topological polar surface area (TPSA) is 69.6 Å². The molecule has 6 nitrogen and oxygen atoms in total. The molecule has 0 saturated heterocycles. The van der Waals surface area contributed by atoms with Crippen LogP contribution in [0.5, 0.6) is 0 Å². The Morgan fingerprint density at radius 1 is 1.19 bits per heavy atom. The standard InChI is InChI=1S/C19H23N5OS/c1-2-3-9-16-20-17(25-23-16)13-26-19-22-21-18(15-10-11-15)24(19)12-14-7-5-4-6-8-14/h4-8,15H,2-3,9-13H2,1H3. The fourth-order valence-electron chi connectivity index (χ4n) is 2.88. The first-order valence-electron chi connectivity index (χ1n) is 9.24. The van der Waals surface area contributed by atoms with Crippen LogP contribution in [0.1, 0.15) is 61.6 Å². The smallest absolute Gasteiger partial charge is 0.237 e. The number of nitrogens with zero attached hydrogens (tertiary/aromatic N) is 5. The van der Waals surface area contributed by atoms with Gasteiger partial charge in [-0.15, -0.1) is 10.2 Å². The lowest BCUT2D eigenvalue weighted by Gasteiger charge is -2.09. The Balaban J connectivity index is 1.46. The molecule has 2 heterocycles. The van der Waals surface area contributed by atoms with E-state index in [1.807, 2.05) is 6.07 Å². The van der Waals surface area contributed by atoms with E-state index in [2.05, 4.69) is 56.1 Å². The first-order valence-corrected chi connectivity index (χ1v) is 10.2. The van der Waals surface area contributed by atoms with Gasteiger partial charge in [-0.05, 0) is 24.8 Å². The number of aromatic nitrogens is 5. The van der Waals surface area contributed by atoms with E-state index in [1.54, 1.807) is 11.8 Å². The highest BCUT2D eigenvalue weighted by molar-refractivity contribution is 7.98. The summed E-state index contributed by atoms with van der Waals surface area (Å²) in [5.74, 6) is 3.74. The molecule has 1 fully saturated rings. The van der Waals surface area contributed by atoms with Crippen molar-refractivity contribution in [3.63, 3.8) is 0 Å². The van der Waals surface area contributed by atoms with Crippen LogP contribution in [-0.2, 0) is 18.7 Å². The maximum Gasteiger partial charge on any atom is 0.237 e. The highest BCUT2D eigenvalue weighted by Crippen LogP contribution is 2.40. The molecule has 0 spiro atoms. The molecule has 0 amide bonds. The van der Waals surface area contributed by atoms with Gasteiger partial charge in [0.15, 0.2) is 11.0 Å². The molecular weight excluding hydrogens is 346 g/mol. The summed E-state index contributed by atoms with van der Waals surface area (Å²) in [4.78, 5) is 4.47. The molecule has 1 aromatic carbocycles. The van der Waals surface area contributed by atoms with Crippen molar-refractivity contribution in [2.45, 2.75) is 62.4 Å². The molecule has 1 saturated carbocycles. The van der Waals surface area contributed by atoms with E-state index < -0.39 is 0 Å². The minimum atomic E-state index is 0.560. The molecule has 0 N–H and O–H groups in total. The first-order chi connectivity index (χ1) is 12.8. The number of aryl methyl sites for hydroxylation is 1. The van der Waals surface area contributed by atoms with Gasteiger partial charge in [-0.3, -0.25) is 0 Å². The van der Waals surface area contributed by atoms with Crippen LogP contribution in [0.2, 0.25) is 0 Å². The van der Waals surface area contributed by atoms with Crippen LogP contribution in [0.3, 0.4) is 0 Å². The summed E-state index contributed by atoms with van der Waals surface area (Å²) in [6, 6.07) is 10.5. The second-order valence-electron chi connectivity index (χ2n) is 6.68. The van der Waals surface area contributed by atoms with Crippen molar-refractivity contribution in [3.8, 4) is 0 Å². The van der Waals surface area contributed by atoms with Crippen molar-refractivity contribution in [1.82, 2.24) is 24.9 Å². The Morgan fingerprint density at radius 3 is 2.81 bits per heavy atom. The SMILES string of the molecule is CCCCc1noc(CSc2nnc(C3CC3)n2Cc2ccccc2)n1. The minimum absolute atomic E-state index is 0.560. The third-order valence-electron chi connectivity index (χ3n) is 4.46. The van der Waals surface area contributed by atoms with E-state index in [4.69, 9.17) is 4.52 Å². The number of benzene rings is 1. The molecule has 136 valence electrons. The second-order valence-corrected chi connectivity index (χ2v) is 7.63. The fraction of sp³-hybridized carbons (Fsp3) is 0.474. The summed E-state index contributed by atoms with van der Waals surface area (Å²) >= 11 is 1.62. The quantitative estimate of drug-likeness (QED) is 0.526. The highest BCUT2D eigenvalue weighted by atomic mass is 32.2. The lowest BCUT2D eigenvalue weighted by Crippen LogP contribution is -2.06. The summed E-state index contributed by atoms with van der Waals surface area (Å²) in [5, 5.41) is 13.9. The van der Waals surface area contributed by atoms with Gasteiger partial charge >= 0.3 is 0 Å². The lowest BCUT2D eigenvalue weighted by atomic mass is 10.2. The summed E-state index contributed by atoms with van der Waals surface area (Å²) in [7, 11) is 0. The summed E-state index contributed by atoms with van der Waals surface area (Å²) < 4.78 is 7.61. The first kappa shape index (κ1) is 17.3. The van der Waals surface area contributed by atoms with Crippen LogP contribution in [0.4, 0.5) is 0 Å². The van der Waals surface area contributed by atoms with E-state index >= 15 is 0 Å². The molecule has 1 aliphatic rings. The van der Waals surface area contributed by atoms with E-state index in [0.29, 0.717) is 17.6 Å². The summed E-state index contributed by atoms with van der Waals surface area (Å²) in [6.45, 7) is 2.96. The molecular formula is C19H23N5OS. The molecule has 3 aromatic rings. The molecule has 4 rings (SSSR count). The molecule has 0 aliphatic heterocycles. The van der Waals surface area contributed by atoms with Crippen LogP contribution in [0.15, 0.2) is 40.0 Å². The second kappa shape index (κ2) is 8.03. The Bertz CT molecular complexity index is 841. The molecule has 0 radical (unpaired) electrons. The van der Waals surface area contributed by atoms with Gasteiger partial charge in [0.1, 0.15) is 5.82 Å². The number of unbranched alkanes of at least 4 members (excludes halogenated alkanes) is 1. The molecule has 26 heavy (non-hydrogen) atoms. The van der Waals surface area contributed by atoms with E-state index in [1.165, 1.54) is 18.4 Å². The number of hydrogen-bond donors (Lipinski definition) is 0. The van der Waals surface area contributed by atoms with Crippen molar-refractivity contribution in [2.24, 2.45) is 0 Å². The normalized spacial score (nSPS) is 14.0. The molecule has 0 bridgehead atoms. The third kappa shape index (κ3) is 4.15. The molecule has 7 heteroatoms. The Labute approximate surface area is 157 Å². The number of hydrogen-bond acceptors (Lipinski definition) is 6. The van der Waals surface area contributed by atoms with Crippen molar-refractivity contribution < 1.29 is 4.52 Å². The number of thioether (sulfide) groups is 1. The van der Waals surface area contributed by atoms with E-state index in [9.17, 15) is 0 Å². The average molecular weight is 369 g/mol. The van der Waals surface area contributed by atoms with Crippen LogP contribution in [0, 0.1) is 0 Å².